The lowest BCUT2D eigenvalue weighted by molar-refractivity contribution is 1.08. The number of nitrogens with zero attached hydrogens (tertiary/aromatic N) is 1. The number of hydrogen-bond donors (Lipinski definition) is 1. The van der Waals surface area contributed by atoms with Crippen LogP contribution in [-0.2, 0) is 0 Å². The standard InChI is InChI=1S/C10H11ClN2S/c1-7-2-3-8-9(6-7)13-10(12-8)14-5-4-11/h2-3,6H,4-5H2,1H3,(H,12,13). The largest absolute Gasteiger partial charge is 0.333 e. The number of aromatic nitrogens is 2. The minimum absolute atomic E-state index is 0.654. The van der Waals surface area contributed by atoms with Crippen molar-refractivity contribution in [1.82, 2.24) is 9.97 Å². The molecule has 0 bridgehead atoms. The van der Waals surface area contributed by atoms with E-state index in [2.05, 4.69) is 29.0 Å². The number of hydrogen-bond acceptors (Lipinski definition) is 2. The maximum Gasteiger partial charge on any atom is 0.166 e. The van der Waals surface area contributed by atoms with Crippen LogP contribution in [0, 0.1) is 6.92 Å². The number of rotatable bonds is 3. The zero-order valence-corrected chi connectivity index (χ0v) is 9.45. The van der Waals surface area contributed by atoms with E-state index in [0.717, 1.165) is 21.9 Å². The first kappa shape index (κ1) is 9.87. The summed E-state index contributed by atoms with van der Waals surface area (Å²) in [6, 6.07) is 6.21. The van der Waals surface area contributed by atoms with Crippen molar-refractivity contribution >= 4 is 34.4 Å². The minimum atomic E-state index is 0.654. The Morgan fingerprint density at radius 1 is 1.50 bits per heavy atom. The van der Waals surface area contributed by atoms with Crippen LogP contribution in [0.15, 0.2) is 23.4 Å². The third kappa shape index (κ3) is 2.04. The molecule has 0 aliphatic carbocycles. The van der Waals surface area contributed by atoms with Crippen LogP contribution in [0.1, 0.15) is 5.56 Å². The molecule has 0 saturated carbocycles. The highest BCUT2D eigenvalue weighted by Crippen LogP contribution is 2.20. The Balaban J connectivity index is 2.32. The summed E-state index contributed by atoms with van der Waals surface area (Å²) in [4.78, 5) is 7.70. The van der Waals surface area contributed by atoms with Gasteiger partial charge < -0.3 is 4.98 Å². The third-order valence-corrected chi connectivity index (χ3v) is 3.22. The summed E-state index contributed by atoms with van der Waals surface area (Å²) in [5, 5.41) is 0.950. The maximum atomic E-state index is 5.61. The molecule has 0 unspecified atom stereocenters. The first-order valence-corrected chi connectivity index (χ1v) is 5.97. The zero-order valence-electron chi connectivity index (χ0n) is 7.88. The van der Waals surface area contributed by atoms with Gasteiger partial charge in [-0.25, -0.2) is 4.98 Å². The summed E-state index contributed by atoms with van der Waals surface area (Å²) in [6.07, 6.45) is 0. The van der Waals surface area contributed by atoms with E-state index >= 15 is 0 Å². The second-order valence-electron chi connectivity index (χ2n) is 3.10. The summed E-state index contributed by atoms with van der Waals surface area (Å²) in [6.45, 7) is 2.08. The summed E-state index contributed by atoms with van der Waals surface area (Å²) >= 11 is 7.27. The van der Waals surface area contributed by atoms with Gasteiger partial charge in [-0.05, 0) is 24.6 Å². The Kier molecular flexibility index (Phi) is 2.99. The second-order valence-corrected chi connectivity index (χ2v) is 4.56. The Hall–Kier alpha value is -0.670. The number of aryl methyl sites for hydroxylation is 1. The van der Waals surface area contributed by atoms with Gasteiger partial charge in [-0.15, -0.1) is 11.6 Å². The van der Waals surface area contributed by atoms with E-state index < -0.39 is 0 Å². The highest BCUT2D eigenvalue weighted by molar-refractivity contribution is 7.99. The molecule has 0 aliphatic rings. The molecular formula is C10H11ClN2S. The van der Waals surface area contributed by atoms with Crippen LogP contribution in [0.25, 0.3) is 11.0 Å². The van der Waals surface area contributed by atoms with Gasteiger partial charge in [-0.3, -0.25) is 0 Å². The highest BCUT2D eigenvalue weighted by Gasteiger charge is 2.02. The highest BCUT2D eigenvalue weighted by atomic mass is 35.5. The maximum absolute atomic E-state index is 5.61. The van der Waals surface area contributed by atoms with Gasteiger partial charge in [0.25, 0.3) is 0 Å². The third-order valence-electron chi connectivity index (χ3n) is 1.93. The smallest absolute Gasteiger partial charge is 0.166 e. The number of thioether (sulfide) groups is 1. The fourth-order valence-corrected chi connectivity index (χ4v) is 2.15. The summed E-state index contributed by atoms with van der Waals surface area (Å²) in [5.74, 6) is 1.54. The van der Waals surface area contributed by atoms with Crippen molar-refractivity contribution in [3.05, 3.63) is 23.8 Å². The van der Waals surface area contributed by atoms with Gasteiger partial charge in [-0.1, -0.05) is 17.8 Å². The topological polar surface area (TPSA) is 28.7 Å². The number of aromatic amines is 1. The van der Waals surface area contributed by atoms with Gasteiger partial charge in [0.2, 0.25) is 0 Å². The summed E-state index contributed by atoms with van der Waals surface area (Å²) < 4.78 is 0. The molecule has 2 nitrogen and oxygen atoms in total. The number of nitrogens with one attached hydrogen (secondary N) is 1. The van der Waals surface area contributed by atoms with E-state index in [0.29, 0.717) is 5.88 Å². The molecule has 0 aliphatic heterocycles. The SMILES string of the molecule is Cc1ccc2nc(SCCCl)[nH]c2c1. The molecule has 74 valence electrons. The average Bonchev–Trinajstić information content (AvgIpc) is 2.56. The predicted octanol–water partition coefficient (Wildman–Crippen LogP) is 3.20. The normalized spacial score (nSPS) is 11.0. The van der Waals surface area contributed by atoms with E-state index in [-0.39, 0.29) is 0 Å². The molecule has 4 heteroatoms. The van der Waals surface area contributed by atoms with E-state index in [1.165, 1.54) is 5.56 Å². The summed E-state index contributed by atoms with van der Waals surface area (Å²) in [7, 11) is 0. The molecule has 2 aromatic rings. The van der Waals surface area contributed by atoms with Crippen molar-refractivity contribution < 1.29 is 0 Å². The van der Waals surface area contributed by atoms with Crippen LogP contribution in [0.4, 0.5) is 0 Å². The molecule has 1 aromatic heterocycles. The van der Waals surface area contributed by atoms with Gasteiger partial charge in [0.05, 0.1) is 11.0 Å². The van der Waals surface area contributed by atoms with Gasteiger partial charge >= 0.3 is 0 Å². The van der Waals surface area contributed by atoms with Crippen LogP contribution < -0.4 is 0 Å². The lowest BCUT2D eigenvalue weighted by atomic mass is 10.2. The van der Waals surface area contributed by atoms with Crippen LogP contribution in [0.3, 0.4) is 0 Å². The predicted molar refractivity (Wildman–Crippen MR) is 62.3 cm³/mol. The molecule has 0 fully saturated rings. The number of imidazole rings is 1. The molecule has 0 atom stereocenters. The van der Waals surface area contributed by atoms with Gasteiger partial charge in [-0.2, -0.15) is 0 Å². The second kappa shape index (κ2) is 4.24. The first-order chi connectivity index (χ1) is 6.79. The molecular weight excluding hydrogens is 216 g/mol. The number of H-pyrrole nitrogens is 1. The summed E-state index contributed by atoms with van der Waals surface area (Å²) in [5.41, 5.74) is 3.37. The molecule has 1 aromatic carbocycles. The van der Waals surface area contributed by atoms with Gasteiger partial charge in [0.1, 0.15) is 0 Å². The molecule has 0 amide bonds. The zero-order chi connectivity index (χ0) is 9.97. The molecule has 0 radical (unpaired) electrons. The molecule has 0 spiro atoms. The number of benzene rings is 1. The van der Waals surface area contributed by atoms with E-state index in [9.17, 15) is 0 Å². The van der Waals surface area contributed by atoms with Gasteiger partial charge in [0.15, 0.2) is 5.16 Å². The Labute approximate surface area is 92.1 Å². The molecule has 1 N–H and O–H groups in total. The lowest BCUT2D eigenvalue weighted by Crippen LogP contribution is -1.80. The Bertz CT molecular complexity index is 439. The fraction of sp³-hybridized carbons (Fsp3) is 0.300. The first-order valence-electron chi connectivity index (χ1n) is 4.45. The fourth-order valence-electron chi connectivity index (χ4n) is 1.30. The van der Waals surface area contributed by atoms with Gasteiger partial charge in [0, 0.05) is 11.6 Å². The Morgan fingerprint density at radius 2 is 2.36 bits per heavy atom. The van der Waals surface area contributed by atoms with Crippen LogP contribution in [0.2, 0.25) is 0 Å². The molecule has 0 saturated heterocycles. The average molecular weight is 227 g/mol. The number of alkyl halides is 1. The van der Waals surface area contributed by atoms with Crippen LogP contribution in [-0.4, -0.2) is 21.6 Å². The van der Waals surface area contributed by atoms with Crippen molar-refractivity contribution in [2.24, 2.45) is 0 Å². The minimum Gasteiger partial charge on any atom is -0.333 e. The lowest BCUT2D eigenvalue weighted by Gasteiger charge is -1.90. The molecule has 2 rings (SSSR count). The van der Waals surface area contributed by atoms with Crippen molar-refractivity contribution in [2.45, 2.75) is 12.1 Å². The van der Waals surface area contributed by atoms with Crippen molar-refractivity contribution in [3.8, 4) is 0 Å². The van der Waals surface area contributed by atoms with Crippen molar-refractivity contribution in [3.63, 3.8) is 0 Å². The Morgan fingerprint density at radius 3 is 3.14 bits per heavy atom. The van der Waals surface area contributed by atoms with E-state index in [1.807, 2.05) is 6.07 Å². The van der Waals surface area contributed by atoms with Crippen molar-refractivity contribution in [2.75, 3.05) is 11.6 Å². The van der Waals surface area contributed by atoms with E-state index in [4.69, 9.17) is 11.6 Å². The molecule has 14 heavy (non-hydrogen) atoms. The van der Waals surface area contributed by atoms with E-state index in [1.54, 1.807) is 11.8 Å². The quantitative estimate of drug-likeness (QED) is 0.643. The van der Waals surface area contributed by atoms with Crippen molar-refractivity contribution in [1.29, 1.82) is 0 Å². The van der Waals surface area contributed by atoms with Crippen LogP contribution in [0.5, 0.6) is 0 Å². The molecule has 1 heterocycles. The monoisotopic (exact) mass is 226 g/mol. The van der Waals surface area contributed by atoms with Crippen LogP contribution >= 0.6 is 23.4 Å². The number of halogens is 1. The number of fused-ring (bicyclic) bond motifs is 1.